The van der Waals surface area contributed by atoms with Crippen LogP contribution in [0.2, 0.25) is 0 Å². The fraction of sp³-hybridized carbons (Fsp3) is 0.400. The van der Waals surface area contributed by atoms with Gasteiger partial charge < -0.3 is 15.0 Å². The van der Waals surface area contributed by atoms with Gasteiger partial charge in [0.15, 0.2) is 5.65 Å². The molecule has 4 rings (SSSR count). The smallest absolute Gasteiger partial charge is 0.257 e. The molecule has 1 N–H and O–H groups in total. The minimum absolute atomic E-state index is 0.0372. The van der Waals surface area contributed by atoms with Crippen LogP contribution in [-0.2, 0) is 0 Å². The normalized spacial score (nSPS) is 16.4. The highest BCUT2D eigenvalue weighted by atomic mass is 16.5. The van der Waals surface area contributed by atoms with Gasteiger partial charge in [0.25, 0.3) is 5.91 Å². The molecule has 0 unspecified atom stereocenters. The van der Waals surface area contributed by atoms with Crippen molar-refractivity contribution in [1.29, 1.82) is 0 Å². The third-order valence-corrected chi connectivity index (χ3v) is 6.15. The molecule has 3 heterocycles. The first-order chi connectivity index (χ1) is 15.0. The average molecular weight is 419 g/mol. The summed E-state index contributed by atoms with van der Waals surface area (Å²) in [5.41, 5.74) is 4.84. The van der Waals surface area contributed by atoms with Crippen molar-refractivity contribution in [2.45, 2.75) is 52.5 Å². The largest absolute Gasteiger partial charge is 0.497 e. The van der Waals surface area contributed by atoms with Crippen LogP contribution in [-0.4, -0.2) is 40.5 Å². The van der Waals surface area contributed by atoms with Crippen LogP contribution in [0.3, 0.4) is 0 Å². The van der Waals surface area contributed by atoms with Crippen LogP contribution >= 0.6 is 0 Å². The second-order valence-corrected chi connectivity index (χ2v) is 8.23. The van der Waals surface area contributed by atoms with Gasteiger partial charge in [-0.05, 0) is 75.4 Å². The molecule has 0 saturated carbocycles. The molecule has 1 amide bonds. The van der Waals surface area contributed by atoms with Gasteiger partial charge in [0, 0.05) is 35.6 Å². The summed E-state index contributed by atoms with van der Waals surface area (Å²) in [6.07, 6.45) is 5.93. The number of methoxy groups -OCH3 is 1. The second-order valence-electron chi connectivity index (χ2n) is 8.23. The van der Waals surface area contributed by atoms with E-state index >= 15 is 0 Å². The summed E-state index contributed by atoms with van der Waals surface area (Å²) >= 11 is 0. The Kier molecular flexibility index (Phi) is 6.07. The molecular formula is C25H30N4O2. The predicted octanol–water partition coefficient (Wildman–Crippen LogP) is 5.40. The number of amides is 1. The lowest BCUT2D eigenvalue weighted by Crippen LogP contribution is -2.43. The summed E-state index contributed by atoms with van der Waals surface area (Å²) in [7, 11) is 1.66. The number of carbonyl (C=O) groups excluding carboxylic acids is 1. The molecule has 0 radical (unpaired) electrons. The highest BCUT2D eigenvalue weighted by molar-refractivity contribution is 6.07. The van der Waals surface area contributed by atoms with E-state index in [0.717, 1.165) is 59.6 Å². The van der Waals surface area contributed by atoms with E-state index in [0.29, 0.717) is 11.2 Å². The zero-order valence-corrected chi connectivity index (χ0v) is 18.7. The third kappa shape index (κ3) is 4.20. The maximum absolute atomic E-state index is 13.7. The SMILES string of the molecule is CC[C@H]1CCCCN1C(=O)c1cnc2nc(C)ccc2c1Nc1ccc(OC)cc1C. The topological polar surface area (TPSA) is 67.4 Å². The molecule has 1 atom stereocenters. The molecule has 6 heteroatoms. The Labute approximate surface area is 183 Å². The Morgan fingerprint density at radius 2 is 2.06 bits per heavy atom. The number of nitrogens with zero attached hydrogens (tertiary/aromatic N) is 3. The summed E-state index contributed by atoms with van der Waals surface area (Å²) in [4.78, 5) is 24.8. The monoisotopic (exact) mass is 418 g/mol. The van der Waals surface area contributed by atoms with E-state index in [1.807, 2.05) is 49.1 Å². The molecule has 3 aromatic rings. The number of aromatic nitrogens is 2. The van der Waals surface area contributed by atoms with Gasteiger partial charge in [-0.2, -0.15) is 0 Å². The molecule has 1 aliphatic rings. The molecule has 1 aromatic carbocycles. The molecule has 31 heavy (non-hydrogen) atoms. The van der Waals surface area contributed by atoms with Crippen LogP contribution in [0.15, 0.2) is 36.5 Å². The van der Waals surface area contributed by atoms with Gasteiger partial charge in [0.2, 0.25) is 0 Å². The van der Waals surface area contributed by atoms with E-state index in [-0.39, 0.29) is 11.9 Å². The van der Waals surface area contributed by atoms with Crippen molar-refractivity contribution in [2.75, 3.05) is 19.0 Å². The molecule has 0 spiro atoms. The van der Waals surface area contributed by atoms with Gasteiger partial charge in [-0.1, -0.05) is 6.92 Å². The van der Waals surface area contributed by atoms with Gasteiger partial charge in [-0.25, -0.2) is 9.97 Å². The zero-order valence-electron chi connectivity index (χ0n) is 18.7. The molecule has 0 aliphatic carbocycles. The second kappa shape index (κ2) is 8.92. The Hall–Kier alpha value is -3.15. The van der Waals surface area contributed by atoms with Crippen LogP contribution in [0.25, 0.3) is 11.0 Å². The quantitative estimate of drug-likeness (QED) is 0.601. The van der Waals surface area contributed by atoms with Crippen molar-refractivity contribution >= 4 is 28.3 Å². The molecule has 1 aliphatic heterocycles. The number of rotatable bonds is 5. The molecule has 2 aromatic heterocycles. The summed E-state index contributed by atoms with van der Waals surface area (Å²) in [6, 6.07) is 10.1. The number of carbonyl (C=O) groups is 1. The van der Waals surface area contributed by atoms with Gasteiger partial charge >= 0.3 is 0 Å². The number of piperidine rings is 1. The zero-order chi connectivity index (χ0) is 22.0. The Balaban J connectivity index is 1.82. The van der Waals surface area contributed by atoms with Crippen LogP contribution in [0.4, 0.5) is 11.4 Å². The number of aryl methyl sites for hydroxylation is 2. The van der Waals surface area contributed by atoms with Gasteiger partial charge in [0.05, 0.1) is 18.4 Å². The molecule has 0 bridgehead atoms. The van der Waals surface area contributed by atoms with Gasteiger partial charge in [-0.3, -0.25) is 4.79 Å². The number of likely N-dealkylation sites (tertiary alicyclic amines) is 1. The molecule has 162 valence electrons. The molecule has 6 nitrogen and oxygen atoms in total. The van der Waals surface area contributed by atoms with E-state index < -0.39 is 0 Å². The van der Waals surface area contributed by atoms with E-state index in [1.165, 1.54) is 6.42 Å². The fourth-order valence-electron chi connectivity index (χ4n) is 4.35. The lowest BCUT2D eigenvalue weighted by molar-refractivity contribution is 0.0609. The average Bonchev–Trinajstić information content (AvgIpc) is 2.79. The molecule has 1 saturated heterocycles. The number of anilines is 2. The molecular weight excluding hydrogens is 388 g/mol. The maximum Gasteiger partial charge on any atom is 0.257 e. The third-order valence-electron chi connectivity index (χ3n) is 6.15. The number of hydrogen-bond donors (Lipinski definition) is 1. The Bertz CT molecular complexity index is 1110. The van der Waals surface area contributed by atoms with Crippen LogP contribution in [0.1, 0.15) is 54.2 Å². The van der Waals surface area contributed by atoms with Crippen molar-refractivity contribution in [3.05, 3.63) is 53.3 Å². The highest BCUT2D eigenvalue weighted by Gasteiger charge is 2.29. The minimum Gasteiger partial charge on any atom is -0.497 e. The van der Waals surface area contributed by atoms with Gasteiger partial charge in [0.1, 0.15) is 5.75 Å². The van der Waals surface area contributed by atoms with Crippen LogP contribution in [0.5, 0.6) is 5.75 Å². The summed E-state index contributed by atoms with van der Waals surface area (Å²) in [5, 5.41) is 4.37. The van der Waals surface area contributed by atoms with Crippen molar-refractivity contribution < 1.29 is 9.53 Å². The highest BCUT2D eigenvalue weighted by Crippen LogP contribution is 2.33. The maximum atomic E-state index is 13.7. The van der Waals surface area contributed by atoms with Gasteiger partial charge in [-0.15, -0.1) is 0 Å². The number of nitrogens with one attached hydrogen (secondary N) is 1. The fourth-order valence-corrected chi connectivity index (χ4v) is 4.35. The Morgan fingerprint density at radius 1 is 1.23 bits per heavy atom. The summed E-state index contributed by atoms with van der Waals surface area (Å²) < 4.78 is 5.34. The lowest BCUT2D eigenvalue weighted by atomic mass is 9.98. The van der Waals surface area contributed by atoms with Crippen molar-refractivity contribution in [3.63, 3.8) is 0 Å². The number of hydrogen-bond acceptors (Lipinski definition) is 5. The van der Waals surface area contributed by atoms with E-state index in [1.54, 1.807) is 13.3 Å². The first-order valence-corrected chi connectivity index (χ1v) is 11.0. The number of fused-ring (bicyclic) bond motifs is 1. The summed E-state index contributed by atoms with van der Waals surface area (Å²) in [5.74, 6) is 0.838. The number of ether oxygens (including phenoxy) is 1. The number of pyridine rings is 2. The summed E-state index contributed by atoms with van der Waals surface area (Å²) in [6.45, 7) is 6.92. The van der Waals surface area contributed by atoms with Crippen LogP contribution in [0, 0.1) is 13.8 Å². The van der Waals surface area contributed by atoms with Crippen molar-refractivity contribution in [1.82, 2.24) is 14.9 Å². The Morgan fingerprint density at radius 3 is 2.81 bits per heavy atom. The van der Waals surface area contributed by atoms with Crippen molar-refractivity contribution in [2.24, 2.45) is 0 Å². The standard InChI is InChI=1S/C25H30N4O2/c1-5-18-8-6-7-13-29(18)25(30)21-15-26-24-20(11-9-17(3)27-24)23(21)28-22-12-10-19(31-4)14-16(22)2/h9-12,14-15,18H,5-8,13H2,1-4H3,(H,26,27,28)/t18-/m0/s1. The van der Waals surface area contributed by atoms with Crippen LogP contribution < -0.4 is 10.1 Å². The number of benzene rings is 1. The van der Waals surface area contributed by atoms with E-state index in [2.05, 4.69) is 22.2 Å². The first-order valence-electron chi connectivity index (χ1n) is 11.0. The van der Waals surface area contributed by atoms with E-state index in [9.17, 15) is 4.79 Å². The predicted molar refractivity (Wildman–Crippen MR) is 124 cm³/mol. The lowest BCUT2D eigenvalue weighted by Gasteiger charge is -2.35. The first kappa shape index (κ1) is 21.1. The van der Waals surface area contributed by atoms with Crippen molar-refractivity contribution in [3.8, 4) is 5.75 Å². The minimum atomic E-state index is 0.0372. The molecule has 1 fully saturated rings. The van der Waals surface area contributed by atoms with E-state index in [4.69, 9.17) is 4.74 Å².